The first-order valence-corrected chi connectivity index (χ1v) is 8.27. The average Bonchev–Trinajstić information content (AvgIpc) is 2.94. The molecule has 1 fully saturated rings. The maximum atomic E-state index is 12.4. The zero-order chi connectivity index (χ0) is 13.1. The molecule has 0 spiro atoms. The second-order valence-electron chi connectivity index (χ2n) is 5.68. The van der Waals surface area contributed by atoms with E-state index in [1.807, 2.05) is 0 Å². The van der Waals surface area contributed by atoms with Gasteiger partial charge in [-0.15, -0.1) is 11.3 Å². The molecule has 3 nitrogen and oxygen atoms in total. The molecule has 2 N–H and O–H groups in total. The van der Waals surface area contributed by atoms with Crippen LogP contribution in [-0.4, -0.2) is 25.5 Å². The molecule has 1 unspecified atom stereocenters. The van der Waals surface area contributed by atoms with Gasteiger partial charge in [-0.1, -0.05) is 0 Å². The van der Waals surface area contributed by atoms with Gasteiger partial charge in [0.2, 0.25) is 5.91 Å². The molecule has 0 aromatic carbocycles. The first-order chi connectivity index (χ1) is 9.34. The number of hydrogen-bond acceptors (Lipinski definition) is 3. The maximum absolute atomic E-state index is 12.4. The number of carbonyl (C=O) groups excluding carboxylic acids is 1. The number of fused-ring (bicyclic) bond motifs is 1. The smallest absolute Gasteiger partial charge is 0.227 e. The van der Waals surface area contributed by atoms with Crippen LogP contribution in [0.25, 0.3) is 0 Å². The second-order valence-corrected chi connectivity index (χ2v) is 6.68. The summed E-state index contributed by atoms with van der Waals surface area (Å²) in [6, 6.07) is 2.15. The summed E-state index contributed by atoms with van der Waals surface area (Å²) in [4.78, 5) is 13.8. The van der Waals surface area contributed by atoms with Gasteiger partial charge in [0.25, 0.3) is 0 Å². The number of carbonyl (C=O) groups is 1. The summed E-state index contributed by atoms with van der Waals surface area (Å²) in [5, 5.41) is 8.68. The Hall–Kier alpha value is -0.870. The molecule has 0 bridgehead atoms. The summed E-state index contributed by atoms with van der Waals surface area (Å²) in [5.74, 6) is 1.02. The molecule has 0 saturated carbocycles. The van der Waals surface area contributed by atoms with Crippen LogP contribution < -0.4 is 10.6 Å². The number of rotatable bonds is 3. The van der Waals surface area contributed by atoms with Gasteiger partial charge in [0.15, 0.2) is 0 Å². The van der Waals surface area contributed by atoms with Crippen molar-refractivity contribution in [1.29, 1.82) is 0 Å². The van der Waals surface area contributed by atoms with Gasteiger partial charge in [0.05, 0.1) is 5.92 Å². The van der Waals surface area contributed by atoms with E-state index in [4.69, 9.17) is 0 Å². The van der Waals surface area contributed by atoms with E-state index in [9.17, 15) is 4.79 Å². The van der Waals surface area contributed by atoms with Gasteiger partial charge in [-0.2, -0.15) is 0 Å². The molecule has 0 radical (unpaired) electrons. The van der Waals surface area contributed by atoms with Crippen molar-refractivity contribution in [3.05, 3.63) is 21.9 Å². The molecule has 19 heavy (non-hydrogen) atoms. The largest absolute Gasteiger partial charge is 0.355 e. The summed E-state index contributed by atoms with van der Waals surface area (Å²) in [5.41, 5.74) is 1.29. The van der Waals surface area contributed by atoms with Gasteiger partial charge in [-0.05, 0) is 68.1 Å². The van der Waals surface area contributed by atoms with E-state index in [-0.39, 0.29) is 11.8 Å². The van der Waals surface area contributed by atoms with Crippen LogP contribution in [0.1, 0.15) is 42.0 Å². The van der Waals surface area contributed by atoms with Gasteiger partial charge >= 0.3 is 0 Å². The van der Waals surface area contributed by atoms with E-state index in [2.05, 4.69) is 22.1 Å². The zero-order valence-corrected chi connectivity index (χ0v) is 12.1. The molecule has 1 aliphatic carbocycles. The number of thiophene rings is 1. The molecule has 1 aromatic rings. The van der Waals surface area contributed by atoms with Gasteiger partial charge < -0.3 is 10.6 Å². The molecule has 1 atom stereocenters. The van der Waals surface area contributed by atoms with E-state index >= 15 is 0 Å². The van der Waals surface area contributed by atoms with Crippen LogP contribution in [0.5, 0.6) is 0 Å². The molecule has 4 heteroatoms. The zero-order valence-electron chi connectivity index (χ0n) is 11.3. The molecule has 1 amide bonds. The number of aryl methyl sites for hydroxylation is 1. The molecular weight excluding hydrogens is 256 g/mol. The Balaban J connectivity index is 1.56. The van der Waals surface area contributed by atoms with E-state index < -0.39 is 0 Å². The number of nitrogens with one attached hydrogen (secondary N) is 2. The van der Waals surface area contributed by atoms with Crippen LogP contribution in [0.3, 0.4) is 0 Å². The highest BCUT2D eigenvalue weighted by Gasteiger charge is 2.27. The van der Waals surface area contributed by atoms with Crippen molar-refractivity contribution in [3.8, 4) is 0 Å². The fourth-order valence-corrected chi connectivity index (χ4v) is 4.20. The second kappa shape index (κ2) is 6.06. The third-order valence-corrected chi connectivity index (χ3v) is 5.39. The van der Waals surface area contributed by atoms with Crippen molar-refractivity contribution in [3.63, 3.8) is 0 Å². The molecule has 2 aliphatic rings. The third kappa shape index (κ3) is 3.00. The normalized spacial score (nSPS) is 23.9. The summed E-state index contributed by atoms with van der Waals surface area (Å²) in [6.45, 7) is 3.05. The summed E-state index contributed by atoms with van der Waals surface area (Å²) in [6.07, 6.45) is 5.70. The first-order valence-electron chi connectivity index (χ1n) is 7.39. The minimum absolute atomic E-state index is 0.108. The highest BCUT2D eigenvalue weighted by Crippen LogP contribution is 2.35. The fraction of sp³-hybridized carbons (Fsp3) is 0.667. The van der Waals surface area contributed by atoms with Crippen LogP contribution in [0, 0.1) is 5.92 Å². The lowest BCUT2D eigenvalue weighted by Crippen LogP contribution is -2.38. The van der Waals surface area contributed by atoms with Gasteiger partial charge in [-0.25, -0.2) is 0 Å². The molecule has 1 saturated heterocycles. The van der Waals surface area contributed by atoms with Gasteiger partial charge in [0.1, 0.15) is 0 Å². The van der Waals surface area contributed by atoms with E-state index in [1.165, 1.54) is 23.3 Å². The third-order valence-electron chi connectivity index (χ3n) is 4.39. The van der Waals surface area contributed by atoms with Gasteiger partial charge in [0, 0.05) is 11.4 Å². The summed E-state index contributed by atoms with van der Waals surface area (Å²) >= 11 is 1.80. The lowest BCUT2D eigenvalue weighted by atomic mass is 9.87. The highest BCUT2D eigenvalue weighted by molar-refractivity contribution is 7.10. The van der Waals surface area contributed by atoms with Crippen LogP contribution in [-0.2, 0) is 11.2 Å². The van der Waals surface area contributed by atoms with Gasteiger partial charge in [-0.3, -0.25) is 4.79 Å². The van der Waals surface area contributed by atoms with E-state index in [1.54, 1.807) is 11.3 Å². The number of hydrogen-bond donors (Lipinski definition) is 2. The lowest BCUT2D eigenvalue weighted by Gasteiger charge is -2.25. The fourth-order valence-electron chi connectivity index (χ4n) is 3.21. The molecule has 1 aliphatic heterocycles. The first kappa shape index (κ1) is 13.1. The SMILES string of the molecule is O=C(NCC1CCNCC1)C1CCCc2sccc21. The van der Waals surface area contributed by atoms with Crippen LogP contribution >= 0.6 is 11.3 Å². The summed E-state index contributed by atoms with van der Waals surface area (Å²) < 4.78 is 0. The quantitative estimate of drug-likeness (QED) is 0.890. The molecular formula is C15H22N2OS. The average molecular weight is 278 g/mol. The van der Waals surface area contributed by atoms with Crippen LogP contribution in [0.2, 0.25) is 0 Å². The van der Waals surface area contributed by atoms with Crippen molar-refractivity contribution in [2.45, 2.75) is 38.0 Å². The highest BCUT2D eigenvalue weighted by atomic mass is 32.1. The number of piperidine rings is 1. The Morgan fingerprint density at radius 2 is 2.21 bits per heavy atom. The van der Waals surface area contributed by atoms with E-state index in [0.717, 1.165) is 38.9 Å². The predicted octanol–water partition coefficient (Wildman–Crippen LogP) is 2.28. The Labute approximate surface area is 118 Å². The lowest BCUT2D eigenvalue weighted by molar-refractivity contribution is -0.123. The van der Waals surface area contributed by atoms with Crippen molar-refractivity contribution in [2.75, 3.05) is 19.6 Å². The Bertz CT molecular complexity index is 437. The molecule has 2 heterocycles. The minimum Gasteiger partial charge on any atom is -0.355 e. The van der Waals surface area contributed by atoms with E-state index in [0.29, 0.717) is 5.92 Å². The minimum atomic E-state index is 0.108. The predicted molar refractivity (Wildman–Crippen MR) is 78.6 cm³/mol. The maximum Gasteiger partial charge on any atom is 0.227 e. The Morgan fingerprint density at radius 3 is 3.05 bits per heavy atom. The topological polar surface area (TPSA) is 41.1 Å². The molecule has 3 rings (SSSR count). The Kier molecular flexibility index (Phi) is 4.18. The monoisotopic (exact) mass is 278 g/mol. The van der Waals surface area contributed by atoms with Crippen LogP contribution in [0.15, 0.2) is 11.4 Å². The molecule has 104 valence electrons. The Morgan fingerprint density at radius 1 is 1.37 bits per heavy atom. The van der Waals surface area contributed by atoms with Crippen molar-refractivity contribution >= 4 is 17.2 Å². The van der Waals surface area contributed by atoms with Crippen LogP contribution in [0.4, 0.5) is 0 Å². The standard InChI is InChI=1S/C15H22N2OS/c18-15(17-10-11-4-7-16-8-5-11)13-2-1-3-14-12(13)6-9-19-14/h6,9,11,13,16H,1-5,7-8,10H2,(H,17,18). The molecule has 1 aromatic heterocycles. The van der Waals surface area contributed by atoms with Crippen molar-refractivity contribution < 1.29 is 4.79 Å². The van der Waals surface area contributed by atoms with Crippen molar-refractivity contribution in [2.24, 2.45) is 5.92 Å². The van der Waals surface area contributed by atoms with Crippen molar-refractivity contribution in [1.82, 2.24) is 10.6 Å². The number of amides is 1. The summed E-state index contributed by atoms with van der Waals surface area (Å²) in [7, 11) is 0.